The zero-order valence-corrected chi connectivity index (χ0v) is 17.6. The van der Waals surface area contributed by atoms with Crippen LogP contribution in [0.25, 0.3) is 0 Å². The largest absolute Gasteiger partial charge is 0.507 e. The van der Waals surface area contributed by atoms with E-state index in [0.717, 1.165) is 48.4 Å². The van der Waals surface area contributed by atoms with Crippen molar-refractivity contribution in [3.8, 4) is 11.5 Å². The van der Waals surface area contributed by atoms with Crippen LogP contribution in [0.15, 0.2) is 36.4 Å². The minimum absolute atomic E-state index is 0.326. The minimum atomic E-state index is 0.326. The summed E-state index contributed by atoms with van der Waals surface area (Å²) in [6, 6.07) is 11.6. The van der Waals surface area contributed by atoms with E-state index in [1.165, 1.54) is 0 Å². The Hall–Kier alpha value is -2.20. The van der Waals surface area contributed by atoms with E-state index < -0.39 is 0 Å². The van der Waals surface area contributed by atoms with Gasteiger partial charge in [0.2, 0.25) is 0 Å². The van der Waals surface area contributed by atoms with Gasteiger partial charge in [-0.05, 0) is 0 Å². The number of aromatic hydroxyl groups is 2. The third kappa shape index (κ3) is 7.91. The molecule has 0 atom stereocenters. The molecule has 10 N–H and O–H groups in total. The molecule has 0 saturated carbocycles. The Balaban J connectivity index is 1.71. The molecule has 0 aliphatic carbocycles. The van der Waals surface area contributed by atoms with E-state index in [-0.39, 0.29) is 0 Å². The SMILES string of the molecule is NCCNCc1cccc(CNCCNCc2cccc(CNCCN)c2O)c1O. The van der Waals surface area contributed by atoms with Crippen molar-refractivity contribution in [3.05, 3.63) is 58.7 Å². The Bertz CT molecular complexity index is 693. The molecule has 0 saturated heterocycles. The maximum absolute atomic E-state index is 10.4. The number of rotatable bonds is 15. The van der Waals surface area contributed by atoms with Crippen LogP contribution in [0.3, 0.4) is 0 Å². The van der Waals surface area contributed by atoms with E-state index in [9.17, 15) is 10.2 Å². The quantitative estimate of drug-likeness (QED) is 0.191. The average molecular weight is 417 g/mol. The number of para-hydroxylation sites is 2. The maximum Gasteiger partial charge on any atom is 0.124 e. The molecule has 0 aromatic heterocycles. The smallest absolute Gasteiger partial charge is 0.124 e. The molecule has 0 fully saturated rings. The number of hydrogen-bond donors (Lipinski definition) is 8. The zero-order chi connectivity index (χ0) is 21.6. The van der Waals surface area contributed by atoms with Gasteiger partial charge in [-0.25, -0.2) is 0 Å². The lowest BCUT2D eigenvalue weighted by Gasteiger charge is -2.13. The molecule has 0 heterocycles. The van der Waals surface area contributed by atoms with Crippen LogP contribution in [-0.4, -0.2) is 49.5 Å². The van der Waals surface area contributed by atoms with Crippen molar-refractivity contribution >= 4 is 0 Å². The van der Waals surface area contributed by atoms with E-state index in [0.29, 0.717) is 50.8 Å². The van der Waals surface area contributed by atoms with E-state index >= 15 is 0 Å². The molecule has 0 spiro atoms. The van der Waals surface area contributed by atoms with Crippen molar-refractivity contribution in [1.29, 1.82) is 0 Å². The Morgan fingerprint density at radius 1 is 0.533 bits per heavy atom. The summed E-state index contributed by atoms with van der Waals surface area (Å²) >= 11 is 0. The number of phenols is 2. The van der Waals surface area contributed by atoms with Crippen LogP contribution in [0.1, 0.15) is 22.3 Å². The van der Waals surface area contributed by atoms with Crippen molar-refractivity contribution in [3.63, 3.8) is 0 Å². The summed E-state index contributed by atoms with van der Waals surface area (Å²) < 4.78 is 0. The molecule has 2 aromatic rings. The molecule has 2 aromatic carbocycles. The maximum atomic E-state index is 10.4. The highest BCUT2D eigenvalue weighted by Crippen LogP contribution is 2.23. The van der Waals surface area contributed by atoms with Gasteiger partial charge in [0.25, 0.3) is 0 Å². The van der Waals surface area contributed by atoms with Crippen LogP contribution in [0.5, 0.6) is 11.5 Å². The highest BCUT2D eigenvalue weighted by Gasteiger charge is 2.07. The van der Waals surface area contributed by atoms with E-state index in [1.807, 2.05) is 36.4 Å². The van der Waals surface area contributed by atoms with Crippen molar-refractivity contribution in [2.24, 2.45) is 11.5 Å². The van der Waals surface area contributed by atoms with Crippen molar-refractivity contribution in [2.45, 2.75) is 26.2 Å². The van der Waals surface area contributed by atoms with Crippen molar-refractivity contribution in [1.82, 2.24) is 21.3 Å². The topological polar surface area (TPSA) is 141 Å². The second-order valence-electron chi connectivity index (χ2n) is 7.13. The van der Waals surface area contributed by atoms with Crippen molar-refractivity contribution < 1.29 is 10.2 Å². The molecule has 0 bridgehead atoms. The Labute approximate surface area is 179 Å². The van der Waals surface area contributed by atoms with Gasteiger partial charge in [0.05, 0.1) is 0 Å². The first-order valence-electron chi connectivity index (χ1n) is 10.5. The molecular weight excluding hydrogens is 380 g/mol. The number of nitrogens with one attached hydrogen (secondary N) is 4. The molecule has 8 heteroatoms. The average Bonchev–Trinajstić information content (AvgIpc) is 2.75. The van der Waals surface area contributed by atoms with Gasteiger partial charge in [0.1, 0.15) is 11.5 Å². The predicted octanol–water partition coefficient (Wildman–Crippen LogP) is 0.0738. The van der Waals surface area contributed by atoms with Crippen LogP contribution in [0.2, 0.25) is 0 Å². The fourth-order valence-corrected chi connectivity index (χ4v) is 3.13. The molecular formula is C22H36N6O2. The summed E-state index contributed by atoms with van der Waals surface area (Å²) in [7, 11) is 0. The third-order valence-electron chi connectivity index (χ3n) is 4.79. The van der Waals surface area contributed by atoms with Gasteiger partial charge in [0, 0.05) is 87.7 Å². The summed E-state index contributed by atoms with van der Waals surface area (Å²) in [5, 5.41) is 33.9. The molecule has 0 unspecified atom stereocenters. The molecule has 2 rings (SSSR count). The Kier molecular flexibility index (Phi) is 11.2. The Morgan fingerprint density at radius 3 is 1.13 bits per heavy atom. The van der Waals surface area contributed by atoms with E-state index in [2.05, 4.69) is 21.3 Å². The predicted molar refractivity (Wildman–Crippen MR) is 121 cm³/mol. The van der Waals surface area contributed by atoms with Gasteiger partial charge in [0.15, 0.2) is 0 Å². The number of benzene rings is 2. The molecule has 30 heavy (non-hydrogen) atoms. The summed E-state index contributed by atoms with van der Waals surface area (Å²) in [4.78, 5) is 0. The number of hydrogen-bond acceptors (Lipinski definition) is 8. The van der Waals surface area contributed by atoms with Crippen LogP contribution in [0, 0.1) is 0 Å². The lowest BCUT2D eigenvalue weighted by molar-refractivity contribution is 0.451. The van der Waals surface area contributed by atoms with Crippen LogP contribution < -0.4 is 32.7 Å². The second-order valence-corrected chi connectivity index (χ2v) is 7.13. The first-order valence-corrected chi connectivity index (χ1v) is 10.5. The molecule has 0 aliphatic rings. The van der Waals surface area contributed by atoms with Crippen molar-refractivity contribution in [2.75, 3.05) is 39.3 Å². The van der Waals surface area contributed by atoms with E-state index in [1.54, 1.807) is 0 Å². The summed E-state index contributed by atoms with van der Waals surface area (Å²) in [6.07, 6.45) is 0. The highest BCUT2D eigenvalue weighted by molar-refractivity contribution is 5.41. The summed E-state index contributed by atoms with van der Waals surface area (Å²) in [5.74, 6) is 0.653. The molecule has 166 valence electrons. The third-order valence-corrected chi connectivity index (χ3v) is 4.79. The summed E-state index contributed by atoms with van der Waals surface area (Å²) in [6.45, 7) is 6.45. The van der Waals surface area contributed by atoms with Crippen LogP contribution in [0.4, 0.5) is 0 Å². The highest BCUT2D eigenvalue weighted by atomic mass is 16.3. The van der Waals surface area contributed by atoms with Crippen LogP contribution >= 0.6 is 0 Å². The molecule has 0 radical (unpaired) electrons. The van der Waals surface area contributed by atoms with Gasteiger partial charge in [-0.3, -0.25) is 0 Å². The van der Waals surface area contributed by atoms with Gasteiger partial charge in [-0.15, -0.1) is 0 Å². The minimum Gasteiger partial charge on any atom is -0.507 e. The zero-order valence-electron chi connectivity index (χ0n) is 17.6. The lowest BCUT2D eigenvalue weighted by Crippen LogP contribution is -2.27. The van der Waals surface area contributed by atoms with Gasteiger partial charge in [-0.2, -0.15) is 0 Å². The standard InChI is InChI=1S/C22H36N6O2/c23-7-9-25-13-17-3-1-5-19(21(17)29)15-27-11-12-28-16-20-6-2-4-18(22(20)30)14-26-10-8-24/h1-6,25-30H,7-16,23-24H2. The lowest BCUT2D eigenvalue weighted by atomic mass is 10.1. The first kappa shape index (κ1) is 24.1. The Morgan fingerprint density at radius 2 is 0.833 bits per heavy atom. The fourth-order valence-electron chi connectivity index (χ4n) is 3.13. The van der Waals surface area contributed by atoms with Gasteiger partial charge < -0.3 is 42.9 Å². The summed E-state index contributed by atoms with van der Waals surface area (Å²) in [5.41, 5.74) is 14.5. The monoisotopic (exact) mass is 416 g/mol. The second kappa shape index (κ2) is 13.9. The van der Waals surface area contributed by atoms with Crippen LogP contribution in [-0.2, 0) is 26.2 Å². The molecule has 8 nitrogen and oxygen atoms in total. The number of phenolic OH excluding ortho intramolecular Hbond substituents is 2. The molecule has 0 aliphatic heterocycles. The van der Waals surface area contributed by atoms with Gasteiger partial charge in [-0.1, -0.05) is 36.4 Å². The first-order chi connectivity index (χ1) is 14.7. The molecule has 0 amide bonds. The van der Waals surface area contributed by atoms with Gasteiger partial charge >= 0.3 is 0 Å². The van der Waals surface area contributed by atoms with E-state index in [4.69, 9.17) is 11.5 Å². The number of nitrogens with two attached hydrogens (primary N) is 2. The normalized spacial score (nSPS) is 11.1. The fraction of sp³-hybridized carbons (Fsp3) is 0.455.